The van der Waals surface area contributed by atoms with E-state index in [4.69, 9.17) is 5.73 Å². The first-order valence-corrected chi connectivity index (χ1v) is 7.73. The van der Waals surface area contributed by atoms with Crippen LogP contribution in [0.3, 0.4) is 0 Å². The minimum absolute atomic E-state index is 0.386. The second-order valence-corrected chi connectivity index (χ2v) is 5.75. The Hall–Kier alpha value is -1.88. The maximum atomic E-state index is 5.96. The highest BCUT2D eigenvalue weighted by Gasteiger charge is 2.15. The fourth-order valence-corrected chi connectivity index (χ4v) is 2.82. The van der Waals surface area contributed by atoms with Gasteiger partial charge in [0.2, 0.25) is 0 Å². The Morgan fingerprint density at radius 2 is 1.90 bits per heavy atom. The zero-order valence-electron chi connectivity index (χ0n) is 12.4. The summed E-state index contributed by atoms with van der Waals surface area (Å²) < 4.78 is 1.88. The molecule has 112 valence electrons. The number of benzene rings is 1. The van der Waals surface area contributed by atoms with Crippen LogP contribution in [0.5, 0.6) is 0 Å². The van der Waals surface area contributed by atoms with Gasteiger partial charge >= 0.3 is 0 Å². The zero-order valence-corrected chi connectivity index (χ0v) is 12.4. The number of hydrogen-bond donors (Lipinski definition) is 1. The molecule has 0 aliphatic carbocycles. The molecule has 1 aliphatic heterocycles. The van der Waals surface area contributed by atoms with Gasteiger partial charge in [0.15, 0.2) is 0 Å². The van der Waals surface area contributed by atoms with Crippen molar-refractivity contribution in [2.75, 3.05) is 18.0 Å². The molecule has 0 radical (unpaired) electrons. The summed E-state index contributed by atoms with van der Waals surface area (Å²) in [5.74, 6) is 0. The molecule has 1 aromatic carbocycles. The van der Waals surface area contributed by atoms with Gasteiger partial charge in [-0.1, -0.05) is 12.1 Å². The lowest BCUT2D eigenvalue weighted by Crippen LogP contribution is -2.39. The number of aromatic nitrogens is 3. The van der Waals surface area contributed by atoms with Crippen LogP contribution in [0.15, 0.2) is 36.9 Å². The number of nitrogens with zero attached hydrogens (tertiary/aromatic N) is 4. The van der Waals surface area contributed by atoms with Gasteiger partial charge in [-0.2, -0.15) is 5.10 Å². The number of hydrogen-bond acceptors (Lipinski definition) is 4. The van der Waals surface area contributed by atoms with Gasteiger partial charge in [0, 0.05) is 31.4 Å². The van der Waals surface area contributed by atoms with E-state index in [0.717, 1.165) is 45.3 Å². The van der Waals surface area contributed by atoms with E-state index in [2.05, 4.69) is 39.2 Å². The predicted molar refractivity (Wildman–Crippen MR) is 84.2 cm³/mol. The van der Waals surface area contributed by atoms with Crippen molar-refractivity contribution in [2.24, 2.45) is 5.73 Å². The van der Waals surface area contributed by atoms with Crippen LogP contribution < -0.4 is 10.6 Å². The molecule has 3 rings (SSSR count). The largest absolute Gasteiger partial charge is 0.371 e. The lowest BCUT2D eigenvalue weighted by atomic mass is 10.0. The molecular formula is C16H23N5. The lowest BCUT2D eigenvalue weighted by molar-refractivity contribution is 0.501. The Morgan fingerprint density at radius 3 is 2.57 bits per heavy atom. The van der Waals surface area contributed by atoms with Crippen molar-refractivity contribution in [3.8, 4) is 0 Å². The van der Waals surface area contributed by atoms with Crippen LogP contribution in [0.1, 0.15) is 24.8 Å². The van der Waals surface area contributed by atoms with E-state index in [-0.39, 0.29) is 0 Å². The topological polar surface area (TPSA) is 60.0 Å². The molecule has 0 spiro atoms. The Kier molecular flexibility index (Phi) is 4.50. The molecule has 0 unspecified atom stereocenters. The Balaban J connectivity index is 1.49. The number of rotatable bonds is 5. The molecule has 1 aliphatic rings. The average molecular weight is 285 g/mol. The van der Waals surface area contributed by atoms with Crippen molar-refractivity contribution in [3.05, 3.63) is 42.5 Å². The van der Waals surface area contributed by atoms with Crippen LogP contribution in [0.4, 0.5) is 5.69 Å². The Labute approximate surface area is 125 Å². The summed E-state index contributed by atoms with van der Waals surface area (Å²) in [6, 6.07) is 9.34. The van der Waals surface area contributed by atoms with Crippen molar-refractivity contribution in [1.82, 2.24) is 14.8 Å². The van der Waals surface area contributed by atoms with Crippen molar-refractivity contribution < 1.29 is 0 Å². The lowest BCUT2D eigenvalue weighted by Gasteiger charge is -2.32. The fraction of sp³-hybridized carbons (Fsp3) is 0.500. The van der Waals surface area contributed by atoms with E-state index in [9.17, 15) is 0 Å². The minimum Gasteiger partial charge on any atom is -0.371 e. The summed E-state index contributed by atoms with van der Waals surface area (Å²) in [7, 11) is 0. The maximum Gasteiger partial charge on any atom is 0.137 e. The smallest absolute Gasteiger partial charge is 0.137 e. The highest BCUT2D eigenvalue weighted by Crippen LogP contribution is 2.20. The van der Waals surface area contributed by atoms with E-state index in [1.54, 1.807) is 12.7 Å². The maximum absolute atomic E-state index is 5.96. The number of aryl methyl sites for hydroxylation is 2. The normalized spacial score (nSPS) is 16.3. The summed E-state index contributed by atoms with van der Waals surface area (Å²) in [6.07, 6.45) is 7.70. The first-order chi connectivity index (χ1) is 10.3. The van der Waals surface area contributed by atoms with Gasteiger partial charge < -0.3 is 10.6 Å². The highest BCUT2D eigenvalue weighted by molar-refractivity contribution is 5.48. The molecule has 1 fully saturated rings. The van der Waals surface area contributed by atoms with Gasteiger partial charge in [-0.15, -0.1) is 0 Å². The van der Waals surface area contributed by atoms with Gasteiger partial charge in [0.25, 0.3) is 0 Å². The standard InChI is InChI=1S/C16H23N5/c17-15-7-10-20(11-8-15)16-5-3-14(4-6-16)2-1-9-21-13-18-12-19-21/h3-6,12-13,15H,1-2,7-11,17H2. The SMILES string of the molecule is NC1CCN(c2ccc(CCCn3cncn3)cc2)CC1. The number of nitrogens with two attached hydrogens (primary N) is 1. The van der Waals surface area contributed by atoms with Crippen molar-refractivity contribution in [2.45, 2.75) is 38.3 Å². The first-order valence-electron chi connectivity index (χ1n) is 7.73. The molecule has 0 bridgehead atoms. The fourth-order valence-electron chi connectivity index (χ4n) is 2.82. The van der Waals surface area contributed by atoms with Crippen LogP contribution >= 0.6 is 0 Å². The van der Waals surface area contributed by atoms with Crippen molar-refractivity contribution in [1.29, 1.82) is 0 Å². The second-order valence-electron chi connectivity index (χ2n) is 5.75. The third-order valence-electron chi connectivity index (χ3n) is 4.16. The van der Waals surface area contributed by atoms with Gasteiger partial charge in [-0.3, -0.25) is 4.68 Å². The number of anilines is 1. The monoisotopic (exact) mass is 285 g/mol. The molecule has 1 saturated heterocycles. The molecule has 2 heterocycles. The van der Waals surface area contributed by atoms with Crippen LogP contribution in [0.2, 0.25) is 0 Å². The van der Waals surface area contributed by atoms with Crippen LogP contribution in [0.25, 0.3) is 0 Å². The first kappa shape index (κ1) is 14.1. The minimum atomic E-state index is 0.386. The summed E-state index contributed by atoms with van der Waals surface area (Å²) in [4.78, 5) is 6.39. The molecule has 1 aromatic heterocycles. The Morgan fingerprint density at radius 1 is 1.14 bits per heavy atom. The zero-order chi connectivity index (χ0) is 14.5. The molecular weight excluding hydrogens is 262 g/mol. The van der Waals surface area contributed by atoms with E-state index in [0.29, 0.717) is 6.04 Å². The third kappa shape index (κ3) is 3.82. The molecule has 5 nitrogen and oxygen atoms in total. The Bertz CT molecular complexity index is 526. The molecule has 0 saturated carbocycles. The summed E-state index contributed by atoms with van der Waals surface area (Å²) in [6.45, 7) is 3.07. The molecule has 2 N–H and O–H groups in total. The molecule has 5 heteroatoms. The summed E-state index contributed by atoms with van der Waals surface area (Å²) in [5.41, 5.74) is 8.66. The summed E-state index contributed by atoms with van der Waals surface area (Å²) >= 11 is 0. The van der Waals surface area contributed by atoms with Crippen molar-refractivity contribution in [3.63, 3.8) is 0 Å². The molecule has 0 atom stereocenters. The molecule has 2 aromatic rings. The predicted octanol–water partition coefficient (Wildman–Crippen LogP) is 1.84. The van der Waals surface area contributed by atoms with Gasteiger partial charge in [0.1, 0.15) is 12.7 Å². The van der Waals surface area contributed by atoms with Crippen LogP contribution in [0, 0.1) is 0 Å². The summed E-state index contributed by atoms with van der Waals surface area (Å²) in [5, 5.41) is 4.12. The van der Waals surface area contributed by atoms with E-state index in [1.807, 2.05) is 4.68 Å². The van der Waals surface area contributed by atoms with Crippen molar-refractivity contribution >= 4 is 5.69 Å². The molecule has 0 amide bonds. The van der Waals surface area contributed by atoms with Crippen LogP contribution in [-0.4, -0.2) is 33.9 Å². The van der Waals surface area contributed by atoms with E-state index in [1.165, 1.54) is 11.3 Å². The van der Waals surface area contributed by atoms with Gasteiger partial charge in [-0.05, 0) is 43.4 Å². The van der Waals surface area contributed by atoms with Crippen LogP contribution in [-0.2, 0) is 13.0 Å². The molecule has 21 heavy (non-hydrogen) atoms. The third-order valence-corrected chi connectivity index (χ3v) is 4.16. The average Bonchev–Trinajstić information content (AvgIpc) is 3.02. The van der Waals surface area contributed by atoms with Gasteiger partial charge in [-0.25, -0.2) is 4.98 Å². The van der Waals surface area contributed by atoms with E-state index >= 15 is 0 Å². The van der Waals surface area contributed by atoms with E-state index < -0.39 is 0 Å². The quantitative estimate of drug-likeness (QED) is 0.910. The second kappa shape index (κ2) is 6.72. The number of piperidine rings is 1. The highest BCUT2D eigenvalue weighted by atomic mass is 15.3. The van der Waals surface area contributed by atoms with Gasteiger partial charge in [0.05, 0.1) is 0 Å².